The molecule has 1 aliphatic carbocycles. The fraction of sp³-hybridized carbons (Fsp3) is 0.368. The number of aromatic amines is 1. The van der Waals surface area contributed by atoms with E-state index in [1.807, 2.05) is 6.20 Å². The monoisotopic (exact) mass is 432 g/mol. The van der Waals surface area contributed by atoms with E-state index < -0.39 is 16.8 Å². The molecule has 1 unspecified atom stereocenters. The number of benzene rings is 1. The molecule has 2 aromatic rings. The van der Waals surface area contributed by atoms with Gasteiger partial charge in [-0.25, -0.2) is 0 Å². The summed E-state index contributed by atoms with van der Waals surface area (Å²) in [5.41, 5.74) is 5.85. The quantitative estimate of drug-likeness (QED) is 0.525. The summed E-state index contributed by atoms with van der Waals surface area (Å²) < 4.78 is 4.54. The molecule has 3 rings (SSSR count). The fourth-order valence-corrected chi connectivity index (χ4v) is 10.4. The van der Waals surface area contributed by atoms with Gasteiger partial charge in [0.05, 0.1) is 0 Å². The summed E-state index contributed by atoms with van der Waals surface area (Å²) in [4.78, 5) is 3.21. The third-order valence-corrected chi connectivity index (χ3v) is 9.68. The first-order chi connectivity index (χ1) is 10.3. The first-order valence-electron chi connectivity index (χ1n) is 8.01. The van der Waals surface area contributed by atoms with E-state index in [-0.39, 0.29) is 41.3 Å². The van der Waals surface area contributed by atoms with Crippen LogP contribution >= 0.6 is 0 Å². The molecule has 2 N–H and O–H groups in total. The Morgan fingerprint density at radius 3 is 2.24 bits per heavy atom. The maximum atomic E-state index is 4.01. The van der Waals surface area contributed by atoms with E-state index in [2.05, 4.69) is 82.6 Å². The molecule has 0 bridgehead atoms. The minimum Gasteiger partial charge on any atom is -1.00 e. The fourth-order valence-electron chi connectivity index (χ4n) is 3.89. The van der Waals surface area contributed by atoms with Gasteiger partial charge < -0.3 is 24.8 Å². The van der Waals surface area contributed by atoms with Gasteiger partial charge in [-0.15, -0.1) is 0 Å². The summed E-state index contributed by atoms with van der Waals surface area (Å²) in [5, 5.41) is 5.00. The minimum absolute atomic E-state index is 0. The number of hydrogen-bond acceptors (Lipinski definition) is 1. The number of hydrogen-bond donors (Lipinski definition) is 2. The Labute approximate surface area is 172 Å². The molecule has 138 valence electrons. The van der Waals surface area contributed by atoms with Crippen molar-refractivity contribution in [3.8, 4) is 0 Å². The second-order valence-corrected chi connectivity index (χ2v) is 14.5. The Balaban J connectivity index is 0.00000192. The summed E-state index contributed by atoms with van der Waals surface area (Å²) >= 11 is -2.29. The van der Waals surface area contributed by atoms with Crippen LogP contribution in [0, 0.1) is 0 Å². The number of nitrogens with one attached hydrogen (secondary N) is 2. The van der Waals surface area contributed by atoms with E-state index in [1.54, 1.807) is 0 Å². The number of H-pyrrole nitrogens is 1. The van der Waals surface area contributed by atoms with Crippen molar-refractivity contribution in [2.24, 2.45) is 0 Å². The van der Waals surface area contributed by atoms with E-state index in [1.165, 1.54) is 22.3 Å². The largest absolute Gasteiger partial charge is 1.00 e. The van der Waals surface area contributed by atoms with Crippen LogP contribution < -0.4 is 28.6 Å². The number of allylic oxidation sites excluding steroid dienone is 1. The van der Waals surface area contributed by atoms with E-state index in [0.29, 0.717) is 4.22 Å². The number of aromatic nitrogens is 1. The van der Waals surface area contributed by atoms with Crippen LogP contribution in [0.2, 0.25) is 10.5 Å². The minimum atomic E-state index is -2.29. The third-order valence-electron chi connectivity index (χ3n) is 4.28. The van der Waals surface area contributed by atoms with Crippen LogP contribution in [-0.2, 0) is 16.8 Å². The van der Waals surface area contributed by atoms with Crippen LogP contribution in [0.4, 0.5) is 0 Å². The second-order valence-electron chi connectivity index (χ2n) is 7.86. The molecule has 0 fully saturated rings. The third kappa shape index (κ3) is 5.35. The number of fused-ring (bicyclic) bond motifs is 1. The molecular formula is C19H30Cl2N2SiTi. The van der Waals surface area contributed by atoms with Crippen LogP contribution in [0.5, 0.6) is 0 Å². The molecule has 25 heavy (non-hydrogen) atoms. The zero-order valence-corrected chi connectivity index (χ0v) is 18.0. The van der Waals surface area contributed by atoms with Crippen molar-refractivity contribution in [1.29, 1.82) is 0 Å². The predicted molar refractivity (Wildman–Crippen MR) is 104 cm³/mol. The van der Waals surface area contributed by atoms with Gasteiger partial charge in [0.25, 0.3) is 0 Å². The first-order valence-corrected chi connectivity index (χ1v) is 12.8. The molecule has 0 amide bonds. The number of rotatable bonds is 3. The van der Waals surface area contributed by atoms with Gasteiger partial charge in [0.15, 0.2) is 0 Å². The molecule has 0 aliphatic heterocycles. The van der Waals surface area contributed by atoms with Crippen LogP contribution in [0.3, 0.4) is 0 Å². The Morgan fingerprint density at radius 2 is 1.68 bits per heavy atom. The maximum absolute atomic E-state index is 4.01. The van der Waals surface area contributed by atoms with Crippen molar-refractivity contribution in [3.05, 3.63) is 59.4 Å². The van der Waals surface area contributed by atoms with Crippen molar-refractivity contribution >= 4 is 22.6 Å². The molecular weight excluding hydrogens is 403 g/mol. The molecule has 0 saturated heterocycles. The summed E-state index contributed by atoms with van der Waals surface area (Å²) in [6.07, 6.45) is 6.54. The zero-order valence-electron chi connectivity index (χ0n) is 15.0. The van der Waals surface area contributed by atoms with Gasteiger partial charge in [-0.05, 0) is 11.0 Å². The zero-order chi connectivity index (χ0) is 16.0. The van der Waals surface area contributed by atoms with Gasteiger partial charge in [-0.3, -0.25) is 0 Å². The van der Waals surface area contributed by atoms with Gasteiger partial charge >= 0.3 is 138 Å². The van der Waals surface area contributed by atoms with E-state index >= 15 is 0 Å². The summed E-state index contributed by atoms with van der Waals surface area (Å²) in [6.45, 7) is 6.83. The average molecular weight is 433 g/mol. The average Bonchev–Trinajstić information content (AvgIpc) is 3.03. The predicted octanol–water partition coefficient (Wildman–Crippen LogP) is -2.28. The van der Waals surface area contributed by atoms with Gasteiger partial charge in [0, 0.05) is 0 Å². The molecule has 0 spiro atoms. The van der Waals surface area contributed by atoms with Crippen LogP contribution in [0.15, 0.2) is 42.7 Å². The van der Waals surface area contributed by atoms with Gasteiger partial charge in [0.2, 0.25) is 0 Å². The topological polar surface area (TPSA) is 27.8 Å². The molecule has 1 atom stereocenters. The van der Waals surface area contributed by atoms with Gasteiger partial charge in [-0.2, -0.15) is 0 Å². The maximum Gasteiger partial charge on any atom is -0.0149 e. The number of halogens is 2. The van der Waals surface area contributed by atoms with Gasteiger partial charge in [0.1, 0.15) is 0 Å². The molecule has 6 heteroatoms. The summed E-state index contributed by atoms with van der Waals surface area (Å²) in [6, 6.07) is 11.1. The Hall–Kier alpha value is -0.289. The van der Waals surface area contributed by atoms with Crippen molar-refractivity contribution in [1.82, 2.24) is 8.78 Å². The molecule has 1 aromatic carbocycles. The Morgan fingerprint density at radius 1 is 1.04 bits per heavy atom. The van der Waals surface area contributed by atoms with Crippen molar-refractivity contribution in [2.45, 2.75) is 41.0 Å². The molecule has 1 aliphatic rings. The molecule has 2 nitrogen and oxygen atoms in total. The Bertz CT molecular complexity index is 706. The van der Waals surface area contributed by atoms with Crippen molar-refractivity contribution < 1.29 is 41.7 Å². The normalized spacial score (nSPS) is 15.4. The van der Waals surface area contributed by atoms with Crippen LogP contribution in [0.1, 0.15) is 41.7 Å². The summed E-state index contributed by atoms with van der Waals surface area (Å²) in [5.74, 6) is 0. The van der Waals surface area contributed by atoms with Gasteiger partial charge in [-0.1, -0.05) is 0 Å². The van der Waals surface area contributed by atoms with Crippen molar-refractivity contribution in [2.75, 3.05) is 0 Å². The van der Waals surface area contributed by atoms with E-state index in [0.717, 1.165) is 0 Å². The SMILES string of the molecule is CC(C)(C)[NH][Ti+2]([CH3])([CH3])[CH]1C(c2cc[nH]c2)=Cc2ccccc21.[Cl-].[Cl-].[SiH4]. The van der Waals surface area contributed by atoms with E-state index in [9.17, 15) is 0 Å². The first kappa shape index (κ1) is 24.7. The van der Waals surface area contributed by atoms with Crippen LogP contribution in [0.25, 0.3) is 11.6 Å². The standard InChI is InChI=1S/C13H10N.C4H10N.2CH3.2ClH.H4Si.Ti/c1-2-4-11-8-13(7-10(11)3-1)12-5-6-14-9-12;1-4(2,3)5;;;;;;/h1-9,14H;5H,1-3H3;2*1H3;2*1H;1H4;/q;-1;;;;;;+3/p-2. The molecule has 1 heterocycles. The smallest absolute Gasteiger partial charge is 0.0149 e. The molecule has 1 aromatic heterocycles. The van der Waals surface area contributed by atoms with Crippen molar-refractivity contribution in [3.63, 3.8) is 0 Å². The second kappa shape index (κ2) is 9.07. The molecule has 0 radical (unpaired) electrons. The Kier molecular flexibility index (Phi) is 8.97. The summed E-state index contributed by atoms with van der Waals surface area (Å²) in [7, 11) is 0. The van der Waals surface area contributed by atoms with E-state index in [4.69, 9.17) is 0 Å². The molecule has 0 saturated carbocycles. The van der Waals surface area contributed by atoms with Crippen LogP contribution in [-0.4, -0.2) is 21.5 Å².